The van der Waals surface area contributed by atoms with E-state index in [9.17, 15) is 4.79 Å². The molecular weight excluding hydrogens is 206 g/mol. The van der Waals surface area contributed by atoms with Crippen LogP contribution in [0.4, 0.5) is 4.79 Å². The van der Waals surface area contributed by atoms with Gasteiger partial charge in [-0.05, 0) is 31.5 Å². The molecule has 0 aliphatic carbocycles. The molecule has 0 bridgehead atoms. The summed E-state index contributed by atoms with van der Waals surface area (Å²) >= 11 is 0. The molecule has 1 unspecified atom stereocenters. The standard InChI is InChI=1S/C12H15NO3/c1-3-15-10-6-4-9(5-7-10)12(2)8-13-11(14)16-12/h4-7H,3,8H2,1-2H3,(H,13,14). The number of amides is 1. The lowest BCUT2D eigenvalue weighted by atomic mass is 9.96. The average molecular weight is 221 g/mol. The van der Waals surface area contributed by atoms with Crippen molar-refractivity contribution in [1.29, 1.82) is 0 Å². The van der Waals surface area contributed by atoms with Gasteiger partial charge in [0.2, 0.25) is 0 Å². The number of benzene rings is 1. The van der Waals surface area contributed by atoms with Crippen LogP contribution in [0.2, 0.25) is 0 Å². The Kier molecular flexibility index (Phi) is 2.73. The summed E-state index contributed by atoms with van der Waals surface area (Å²) in [7, 11) is 0. The summed E-state index contributed by atoms with van der Waals surface area (Å²) in [6, 6.07) is 7.61. The van der Waals surface area contributed by atoms with Crippen LogP contribution in [0.3, 0.4) is 0 Å². The van der Waals surface area contributed by atoms with Crippen LogP contribution in [-0.2, 0) is 10.3 Å². The SMILES string of the molecule is CCOc1ccc(C2(C)CNC(=O)O2)cc1. The Labute approximate surface area is 94.6 Å². The highest BCUT2D eigenvalue weighted by molar-refractivity contribution is 5.70. The number of rotatable bonds is 3. The van der Waals surface area contributed by atoms with E-state index < -0.39 is 5.60 Å². The Morgan fingerprint density at radius 2 is 2.12 bits per heavy atom. The Balaban J connectivity index is 2.18. The molecule has 86 valence electrons. The minimum absolute atomic E-state index is 0.364. The van der Waals surface area contributed by atoms with Gasteiger partial charge in [0.1, 0.15) is 5.75 Å². The summed E-state index contributed by atoms with van der Waals surface area (Å²) in [6.45, 7) is 4.98. The molecule has 1 amide bonds. The molecular formula is C12H15NO3. The minimum atomic E-state index is -0.568. The smallest absolute Gasteiger partial charge is 0.408 e. The van der Waals surface area contributed by atoms with Crippen LogP contribution >= 0.6 is 0 Å². The largest absolute Gasteiger partial charge is 0.494 e. The van der Waals surface area contributed by atoms with Crippen molar-refractivity contribution in [2.45, 2.75) is 19.4 Å². The molecule has 1 aliphatic heterocycles. The number of hydrogen-bond donors (Lipinski definition) is 1. The predicted molar refractivity (Wildman–Crippen MR) is 59.4 cm³/mol. The van der Waals surface area contributed by atoms with E-state index in [1.807, 2.05) is 38.1 Å². The Morgan fingerprint density at radius 3 is 2.62 bits per heavy atom. The molecule has 1 saturated heterocycles. The van der Waals surface area contributed by atoms with Gasteiger partial charge in [-0.15, -0.1) is 0 Å². The second kappa shape index (κ2) is 4.04. The summed E-state index contributed by atoms with van der Waals surface area (Å²) in [5.41, 5.74) is 0.399. The fourth-order valence-electron chi connectivity index (χ4n) is 1.75. The molecule has 1 aromatic carbocycles. The van der Waals surface area contributed by atoms with E-state index in [0.29, 0.717) is 13.2 Å². The normalized spacial score (nSPS) is 23.8. The van der Waals surface area contributed by atoms with Crippen LogP contribution in [0, 0.1) is 0 Å². The lowest BCUT2D eigenvalue weighted by molar-refractivity contribution is 0.0704. The summed E-state index contributed by atoms with van der Waals surface area (Å²) in [6.07, 6.45) is -0.364. The molecule has 1 aromatic rings. The second-order valence-corrected chi connectivity index (χ2v) is 3.93. The Hall–Kier alpha value is -1.71. The van der Waals surface area contributed by atoms with Gasteiger partial charge in [0.25, 0.3) is 0 Å². The van der Waals surface area contributed by atoms with Gasteiger partial charge in [-0.25, -0.2) is 4.79 Å². The molecule has 4 nitrogen and oxygen atoms in total. The summed E-state index contributed by atoms with van der Waals surface area (Å²) in [5.74, 6) is 0.826. The highest BCUT2D eigenvalue weighted by atomic mass is 16.6. The van der Waals surface area contributed by atoms with Gasteiger partial charge in [0, 0.05) is 0 Å². The van der Waals surface area contributed by atoms with Crippen molar-refractivity contribution >= 4 is 6.09 Å². The van der Waals surface area contributed by atoms with Gasteiger partial charge in [-0.3, -0.25) is 0 Å². The molecule has 4 heteroatoms. The van der Waals surface area contributed by atoms with Crippen LogP contribution < -0.4 is 10.1 Å². The fraction of sp³-hybridized carbons (Fsp3) is 0.417. The van der Waals surface area contributed by atoms with Crippen LogP contribution in [-0.4, -0.2) is 19.2 Å². The van der Waals surface area contributed by atoms with E-state index in [1.165, 1.54) is 0 Å². The van der Waals surface area contributed by atoms with Crippen molar-refractivity contribution in [2.75, 3.05) is 13.2 Å². The third-order valence-corrected chi connectivity index (χ3v) is 2.66. The molecule has 1 atom stereocenters. The molecule has 0 radical (unpaired) electrons. The first-order chi connectivity index (χ1) is 7.64. The van der Waals surface area contributed by atoms with E-state index in [1.54, 1.807) is 0 Å². The molecule has 0 aromatic heterocycles. The molecule has 1 N–H and O–H groups in total. The van der Waals surface area contributed by atoms with Crippen molar-refractivity contribution < 1.29 is 14.3 Å². The quantitative estimate of drug-likeness (QED) is 0.849. The maximum absolute atomic E-state index is 11.0. The van der Waals surface area contributed by atoms with Crippen molar-refractivity contribution in [3.63, 3.8) is 0 Å². The summed E-state index contributed by atoms with van der Waals surface area (Å²) < 4.78 is 10.6. The van der Waals surface area contributed by atoms with Crippen LogP contribution in [0.1, 0.15) is 19.4 Å². The lowest BCUT2D eigenvalue weighted by Crippen LogP contribution is -2.26. The van der Waals surface area contributed by atoms with Gasteiger partial charge < -0.3 is 14.8 Å². The Morgan fingerprint density at radius 1 is 1.44 bits per heavy atom. The third-order valence-electron chi connectivity index (χ3n) is 2.66. The number of cyclic esters (lactones) is 1. The molecule has 1 heterocycles. The first-order valence-electron chi connectivity index (χ1n) is 5.34. The Bertz CT molecular complexity index is 388. The molecule has 1 aliphatic rings. The highest BCUT2D eigenvalue weighted by Crippen LogP contribution is 2.29. The molecule has 0 spiro atoms. The van der Waals surface area contributed by atoms with Gasteiger partial charge in [0.15, 0.2) is 5.60 Å². The number of carbonyl (C=O) groups excluding carboxylic acids is 1. The molecule has 0 saturated carbocycles. The van der Waals surface area contributed by atoms with E-state index in [-0.39, 0.29) is 6.09 Å². The van der Waals surface area contributed by atoms with Crippen LogP contribution in [0.25, 0.3) is 0 Å². The van der Waals surface area contributed by atoms with E-state index in [4.69, 9.17) is 9.47 Å². The maximum Gasteiger partial charge on any atom is 0.408 e. The first-order valence-corrected chi connectivity index (χ1v) is 5.34. The van der Waals surface area contributed by atoms with E-state index >= 15 is 0 Å². The fourth-order valence-corrected chi connectivity index (χ4v) is 1.75. The summed E-state index contributed by atoms with van der Waals surface area (Å²) in [4.78, 5) is 11.0. The van der Waals surface area contributed by atoms with Gasteiger partial charge >= 0.3 is 6.09 Å². The van der Waals surface area contributed by atoms with Crippen LogP contribution in [0.15, 0.2) is 24.3 Å². The number of nitrogens with one attached hydrogen (secondary N) is 1. The molecule has 2 rings (SSSR count). The average Bonchev–Trinajstić information content (AvgIpc) is 2.61. The highest BCUT2D eigenvalue weighted by Gasteiger charge is 2.37. The number of alkyl carbamates (subject to hydrolysis) is 1. The van der Waals surface area contributed by atoms with Gasteiger partial charge in [-0.2, -0.15) is 0 Å². The van der Waals surface area contributed by atoms with Crippen LogP contribution in [0.5, 0.6) is 5.75 Å². The molecule has 16 heavy (non-hydrogen) atoms. The zero-order valence-electron chi connectivity index (χ0n) is 9.45. The maximum atomic E-state index is 11.0. The van der Waals surface area contributed by atoms with E-state index in [0.717, 1.165) is 11.3 Å². The third kappa shape index (κ3) is 1.96. The van der Waals surface area contributed by atoms with E-state index in [2.05, 4.69) is 5.32 Å². The topological polar surface area (TPSA) is 47.6 Å². The monoisotopic (exact) mass is 221 g/mol. The summed E-state index contributed by atoms with van der Waals surface area (Å²) in [5, 5.41) is 2.66. The lowest BCUT2D eigenvalue weighted by Gasteiger charge is -2.21. The minimum Gasteiger partial charge on any atom is -0.494 e. The number of ether oxygens (including phenoxy) is 2. The zero-order valence-corrected chi connectivity index (χ0v) is 9.45. The number of carbonyl (C=O) groups is 1. The van der Waals surface area contributed by atoms with Crippen molar-refractivity contribution in [1.82, 2.24) is 5.32 Å². The van der Waals surface area contributed by atoms with Gasteiger partial charge in [0.05, 0.1) is 13.2 Å². The predicted octanol–water partition coefficient (Wildman–Crippen LogP) is 2.04. The first kappa shape index (κ1) is 10.8. The van der Waals surface area contributed by atoms with Crippen molar-refractivity contribution in [3.05, 3.63) is 29.8 Å². The van der Waals surface area contributed by atoms with Crippen molar-refractivity contribution in [3.8, 4) is 5.75 Å². The van der Waals surface area contributed by atoms with Gasteiger partial charge in [-0.1, -0.05) is 12.1 Å². The molecule has 1 fully saturated rings. The zero-order chi connectivity index (χ0) is 11.6. The van der Waals surface area contributed by atoms with Crippen molar-refractivity contribution in [2.24, 2.45) is 0 Å². The number of hydrogen-bond acceptors (Lipinski definition) is 3. The second-order valence-electron chi connectivity index (χ2n) is 3.93.